The molecule has 2 unspecified atom stereocenters. The van der Waals surface area contributed by atoms with E-state index in [-0.39, 0.29) is 6.03 Å². The topological polar surface area (TPSA) is 72.9 Å². The summed E-state index contributed by atoms with van der Waals surface area (Å²) >= 11 is 0. The van der Waals surface area contributed by atoms with E-state index >= 15 is 0 Å². The number of likely N-dealkylation sites (tertiary alicyclic amines) is 1. The summed E-state index contributed by atoms with van der Waals surface area (Å²) < 4.78 is 0. The van der Waals surface area contributed by atoms with Gasteiger partial charge in [0.15, 0.2) is 0 Å². The highest BCUT2D eigenvalue weighted by atomic mass is 16.4. The van der Waals surface area contributed by atoms with Crippen LogP contribution in [-0.2, 0) is 4.79 Å². The van der Waals surface area contributed by atoms with Gasteiger partial charge in [-0.05, 0) is 32.4 Å². The number of amides is 2. The molecule has 1 rings (SSSR count). The lowest BCUT2D eigenvalue weighted by molar-refractivity contribution is -0.142. The van der Waals surface area contributed by atoms with E-state index in [4.69, 9.17) is 0 Å². The molecule has 20 heavy (non-hydrogen) atoms. The lowest BCUT2D eigenvalue weighted by atomic mass is 9.87. The van der Waals surface area contributed by atoms with E-state index in [1.54, 1.807) is 4.90 Å². The Morgan fingerprint density at radius 3 is 2.40 bits per heavy atom. The van der Waals surface area contributed by atoms with Crippen LogP contribution in [0.2, 0.25) is 0 Å². The summed E-state index contributed by atoms with van der Waals surface area (Å²) in [6, 6.07) is -0.818. The van der Waals surface area contributed by atoms with Crippen molar-refractivity contribution in [3.63, 3.8) is 0 Å². The van der Waals surface area contributed by atoms with Crippen molar-refractivity contribution in [3.8, 4) is 0 Å². The predicted octanol–water partition coefficient (Wildman–Crippen LogP) is 1.22. The molecule has 0 aromatic carbocycles. The molecule has 0 aliphatic carbocycles. The molecule has 2 N–H and O–H groups in total. The Kier molecular flexibility index (Phi) is 5.39. The number of hydrogen-bond donors (Lipinski definition) is 2. The van der Waals surface area contributed by atoms with Crippen molar-refractivity contribution in [1.82, 2.24) is 15.1 Å². The van der Waals surface area contributed by atoms with Crippen molar-refractivity contribution in [3.05, 3.63) is 0 Å². The van der Waals surface area contributed by atoms with Gasteiger partial charge in [-0.25, -0.2) is 9.59 Å². The Bertz CT molecular complexity index is 363. The average molecular weight is 285 g/mol. The fourth-order valence-electron chi connectivity index (χ4n) is 2.42. The first-order chi connectivity index (χ1) is 9.12. The first-order valence-electron chi connectivity index (χ1n) is 7.07. The second-order valence-corrected chi connectivity index (χ2v) is 6.79. The van der Waals surface area contributed by atoms with Gasteiger partial charge in [0.05, 0.1) is 0 Å². The molecule has 0 radical (unpaired) electrons. The quantitative estimate of drug-likeness (QED) is 0.818. The number of carboxylic acid groups (broad SMARTS) is 1. The van der Waals surface area contributed by atoms with Crippen LogP contribution in [0.25, 0.3) is 0 Å². The van der Waals surface area contributed by atoms with Crippen molar-refractivity contribution < 1.29 is 14.7 Å². The third kappa shape index (κ3) is 4.37. The van der Waals surface area contributed by atoms with E-state index in [0.29, 0.717) is 19.1 Å². The normalized spacial score (nSPS) is 21.7. The minimum absolute atomic E-state index is 0.279. The number of nitrogens with one attached hydrogen (secondary N) is 1. The van der Waals surface area contributed by atoms with E-state index in [0.717, 1.165) is 12.8 Å². The Labute approximate surface area is 121 Å². The predicted molar refractivity (Wildman–Crippen MR) is 77.7 cm³/mol. The lowest BCUT2D eigenvalue weighted by Crippen LogP contribution is -2.56. The van der Waals surface area contributed by atoms with E-state index < -0.39 is 17.4 Å². The molecule has 2 atom stereocenters. The number of carboxylic acids is 1. The van der Waals surface area contributed by atoms with Gasteiger partial charge in [0.1, 0.15) is 6.04 Å². The van der Waals surface area contributed by atoms with E-state index in [1.807, 2.05) is 34.9 Å². The largest absolute Gasteiger partial charge is 0.480 e. The van der Waals surface area contributed by atoms with Crippen LogP contribution in [0.5, 0.6) is 0 Å². The van der Waals surface area contributed by atoms with Gasteiger partial charge in [0.25, 0.3) is 0 Å². The Hall–Kier alpha value is -1.30. The third-order valence-corrected chi connectivity index (χ3v) is 3.79. The molecule has 1 aliphatic rings. The number of hydrogen-bond acceptors (Lipinski definition) is 3. The number of rotatable bonds is 3. The SMILES string of the molecule is CN(C)C1CCCN(C(=O)NC(C(=O)O)C(C)(C)C)C1. The summed E-state index contributed by atoms with van der Waals surface area (Å²) in [5.74, 6) is -0.994. The summed E-state index contributed by atoms with van der Waals surface area (Å²) in [6.45, 7) is 6.77. The van der Waals surface area contributed by atoms with Crippen LogP contribution in [-0.4, -0.2) is 66.2 Å². The molecular formula is C14H27N3O3. The lowest BCUT2D eigenvalue weighted by Gasteiger charge is -2.37. The van der Waals surface area contributed by atoms with Gasteiger partial charge < -0.3 is 20.2 Å². The molecule has 1 heterocycles. The fourth-order valence-corrected chi connectivity index (χ4v) is 2.42. The van der Waals surface area contributed by atoms with Crippen LogP contribution in [0.1, 0.15) is 33.6 Å². The summed E-state index contributed by atoms with van der Waals surface area (Å²) in [5.41, 5.74) is -0.516. The zero-order chi connectivity index (χ0) is 15.5. The van der Waals surface area contributed by atoms with Crippen LogP contribution in [0.3, 0.4) is 0 Å². The fraction of sp³-hybridized carbons (Fsp3) is 0.857. The molecule has 6 nitrogen and oxygen atoms in total. The highest BCUT2D eigenvalue weighted by Gasteiger charge is 2.34. The second kappa shape index (κ2) is 6.43. The van der Waals surface area contributed by atoms with Crippen molar-refractivity contribution in [1.29, 1.82) is 0 Å². The second-order valence-electron chi connectivity index (χ2n) is 6.79. The first kappa shape index (κ1) is 16.8. The molecule has 6 heteroatoms. The van der Waals surface area contributed by atoms with Crippen LogP contribution in [0.15, 0.2) is 0 Å². The Morgan fingerprint density at radius 1 is 1.35 bits per heavy atom. The molecule has 0 aromatic rings. The molecule has 0 saturated carbocycles. The van der Waals surface area contributed by atoms with E-state index in [1.165, 1.54) is 0 Å². The third-order valence-electron chi connectivity index (χ3n) is 3.79. The number of carbonyl (C=O) groups is 2. The molecule has 0 spiro atoms. The summed E-state index contributed by atoms with van der Waals surface area (Å²) in [6.07, 6.45) is 2.02. The molecule has 2 amide bonds. The van der Waals surface area contributed by atoms with Gasteiger partial charge in [-0.1, -0.05) is 20.8 Å². The minimum atomic E-state index is -0.994. The number of piperidine rings is 1. The minimum Gasteiger partial charge on any atom is -0.480 e. The first-order valence-corrected chi connectivity index (χ1v) is 7.07. The van der Waals surface area contributed by atoms with E-state index in [2.05, 4.69) is 10.2 Å². The van der Waals surface area contributed by atoms with Gasteiger partial charge in [-0.15, -0.1) is 0 Å². The van der Waals surface area contributed by atoms with Crippen molar-refractivity contribution in [2.75, 3.05) is 27.2 Å². The van der Waals surface area contributed by atoms with Gasteiger partial charge in [0.2, 0.25) is 0 Å². The molecule has 116 valence electrons. The maximum absolute atomic E-state index is 12.3. The average Bonchev–Trinajstić information content (AvgIpc) is 2.33. The number of carbonyl (C=O) groups excluding carboxylic acids is 1. The standard InChI is InChI=1S/C14H27N3O3/c1-14(2,3)11(12(18)19)15-13(20)17-8-6-7-10(9-17)16(4)5/h10-11H,6-9H2,1-5H3,(H,15,20)(H,18,19). The number of likely N-dealkylation sites (N-methyl/N-ethyl adjacent to an activating group) is 1. The van der Waals surface area contributed by atoms with Crippen molar-refractivity contribution in [2.45, 2.75) is 45.7 Å². The number of urea groups is 1. The number of nitrogens with zero attached hydrogens (tertiary/aromatic N) is 2. The Morgan fingerprint density at radius 2 is 1.95 bits per heavy atom. The van der Waals surface area contributed by atoms with Crippen LogP contribution >= 0.6 is 0 Å². The molecule has 0 bridgehead atoms. The molecular weight excluding hydrogens is 258 g/mol. The van der Waals surface area contributed by atoms with Crippen LogP contribution in [0.4, 0.5) is 4.79 Å². The number of aliphatic carboxylic acids is 1. The zero-order valence-corrected chi connectivity index (χ0v) is 13.1. The smallest absolute Gasteiger partial charge is 0.326 e. The van der Waals surface area contributed by atoms with Gasteiger partial charge in [-0.3, -0.25) is 0 Å². The van der Waals surface area contributed by atoms with Gasteiger partial charge in [-0.2, -0.15) is 0 Å². The van der Waals surface area contributed by atoms with Crippen molar-refractivity contribution in [2.24, 2.45) is 5.41 Å². The molecule has 0 aromatic heterocycles. The molecule has 1 fully saturated rings. The Balaban J connectivity index is 2.67. The van der Waals surface area contributed by atoms with Gasteiger partial charge in [0, 0.05) is 19.1 Å². The molecule has 1 aliphatic heterocycles. The zero-order valence-electron chi connectivity index (χ0n) is 13.1. The van der Waals surface area contributed by atoms with Gasteiger partial charge >= 0.3 is 12.0 Å². The summed E-state index contributed by atoms with van der Waals surface area (Å²) in [4.78, 5) is 27.4. The summed E-state index contributed by atoms with van der Waals surface area (Å²) in [7, 11) is 4.00. The van der Waals surface area contributed by atoms with Crippen LogP contribution in [0, 0.1) is 5.41 Å². The maximum atomic E-state index is 12.3. The molecule has 1 saturated heterocycles. The van der Waals surface area contributed by atoms with E-state index in [9.17, 15) is 14.7 Å². The maximum Gasteiger partial charge on any atom is 0.326 e. The van der Waals surface area contributed by atoms with Crippen molar-refractivity contribution >= 4 is 12.0 Å². The monoisotopic (exact) mass is 285 g/mol. The van der Waals surface area contributed by atoms with Crippen LogP contribution < -0.4 is 5.32 Å². The highest BCUT2D eigenvalue weighted by Crippen LogP contribution is 2.20. The highest BCUT2D eigenvalue weighted by molar-refractivity contribution is 5.83. The summed E-state index contributed by atoms with van der Waals surface area (Å²) in [5, 5.41) is 11.9.